The van der Waals surface area contributed by atoms with Crippen molar-refractivity contribution in [3.8, 4) is 0 Å². The van der Waals surface area contributed by atoms with Crippen molar-refractivity contribution in [2.45, 2.75) is 45.4 Å². The fourth-order valence-corrected chi connectivity index (χ4v) is 2.36. The molecule has 0 aliphatic rings. The van der Waals surface area contributed by atoms with E-state index in [0.717, 1.165) is 23.8 Å². The molecule has 0 bridgehead atoms. The van der Waals surface area contributed by atoms with Gasteiger partial charge in [-0.1, -0.05) is 62.1 Å². The first kappa shape index (κ1) is 14.3. The van der Waals surface area contributed by atoms with Crippen molar-refractivity contribution in [1.29, 1.82) is 0 Å². The van der Waals surface area contributed by atoms with Crippen molar-refractivity contribution in [1.82, 2.24) is 0 Å². The molecule has 0 radical (unpaired) electrons. The van der Waals surface area contributed by atoms with Crippen LogP contribution >= 0.6 is 11.6 Å². The van der Waals surface area contributed by atoms with E-state index >= 15 is 0 Å². The van der Waals surface area contributed by atoms with Crippen molar-refractivity contribution < 1.29 is 0 Å². The number of hydrogen-bond acceptors (Lipinski definition) is 0. The first-order valence-corrected chi connectivity index (χ1v) is 7.00. The molecule has 0 aromatic heterocycles. The molecule has 1 aromatic carbocycles. The van der Waals surface area contributed by atoms with E-state index in [9.17, 15) is 0 Å². The van der Waals surface area contributed by atoms with Gasteiger partial charge in [-0.15, -0.1) is 6.58 Å². The van der Waals surface area contributed by atoms with E-state index in [0.29, 0.717) is 0 Å². The summed E-state index contributed by atoms with van der Waals surface area (Å²) in [7, 11) is 0. The molecule has 0 fully saturated rings. The highest BCUT2D eigenvalue weighted by Gasteiger charge is 2.09. The number of allylic oxidation sites excluding steroid dienone is 1. The molecular formula is C16H23Cl. The third-order valence-electron chi connectivity index (χ3n) is 3.31. The van der Waals surface area contributed by atoms with E-state index < -0.39 is 0 Å². The smallest absolute Gasteiger partial charge is 0.0438 e. The SMILES string of the molecule is C=CCCCCC(CC)Cc1ccccc1Cl. The van der Waals surface area contributed by atoms with E-state index in [-0.39, 0.29) is 0 Å². The van der Waals surface area contributed by atoms with Gasteiger partial charge in [0.25, 0.3) is 0 Å². The summed E-state index contributed by atoms with van der Waals surface area (Å²) in [4.78, 5) is 0. The van der Waals surface area contributed by atoms with Crippen molar-refractivity contribution >= 4 is 11.6 Å². The number of rotatable bonds is 8. The minimum atomic E-state index is 0.764. The maximum absolute atomic E-state index is 6.20. The lowest BCUT2D eigenvalue weighted by molar-refractivity contribution is 0.445. The van der Waals surface area contributed by atoms with Crippen LogP contribution in [-0.2, 0) is 6.42 Å². The molecule has 17 heavy (non-hydrogen) atoms. The number of unbranched alkanes of at least 4 members (excludes halogenated alkanes) is 2. The second-order valence-electron chi connectivity index (χ2n) is 4.64. The van der Waals surface area contributed by atoms with Gasteiger partial charge in [-0.25, -0.2) is 0 Å². The highest BCUT2D eigenvalue weighted by Crippen LogP contribution is 2.23. The average Bonchev–Trinajstić information content (AvgIpc) is 2.35. The zero-order valence-corrected chi connectivity index (χ0v) is 11.5. The Morgan fingerprint density at radius 1 is 1.29 bits per heavy atom. The first-order valence-electron chi connectivity index (χ1n) is 6.62. The molecule has 0 nitrogen and oxygen atoms in total. The molecule has 0 aliphatic heterocycles. The minimum absolute atomic E-state index is 0.764. The van der Waals surface area contributed by atoms with Crippen LogP contribution in [0.2, 0.25) is 5.02 Å². The maximum Gasteiger partial charge on any atom is 0.0438 e. The van der Waals surface area contributed by atoms with Crippen LogP contribution in [0.4, 0.5) is 0 Å². The lowest BCUT2D eigenvalue weighted by Crippen LogP contribution is -2.04. The molecule has 0 aliphatic carbocycles. The van der Waals surface area contributed by atoms with Crippen LogP contribution < -0.4 is 0 Å². The zero-order valence-electron chi connectivity index (χ0n) is 10.8. The van der Waals surface area contributed by atoms with Crippen LogP contribution in [-0.4, -0.2) is 0 Å². The molecule has 1 unspecified atom stereocenters. The van der Waals surface area contributed by atoms with E-state index in [2.05, 4.69) is 25.6 Å². The van der Waals surface area contributed by atoms with Gasteiger partial charge in [0.1, 0.15) is 0 Å². The summed E-state index contributed by atoms with van der Waals surface area (Å²) >= 11 is 6.20. The molecule has 0 amide bonds. The average molecular weight is 251 g/mol. The van der Waals surface area contributed by atoms with Gasteiger partial charge >= 0.3 is 0 Å². The Balaban J connectivity index is 2.41. The molecular weight excluding hydrogens is 228 g/mol. The quantitative estimate of drug-likeness (QED) is 0.413. The third-order valence-corrected chi connectivity index (χ3v) is 3.68. The summed E-state index contributed by atoms with van der Waals surface area (Å²) in [6.07, 6.45) is 9.37. The number of benzene rings is 1. The number of halogens is 1. The first-order chi connectivity index (χ1) is 8.27. The fourth-order valence-electron chi connectivity index (χ4n) is 2.15. The lowest BCUT2D eigenvalue weighted by Gasteiger charge is -2.15. The Morgan fingerprint density at radius 3 is 2.71 bits per heavy atom. The predicted octanol–water partition coefficient (Wildman–Crippen LogP) is 5.66. The standard InChI is InChI=1S/C16H23Cl/c1-3-5-6-7-10-14(4-2)13-15-11-8-9-12-16(15)17/h3,8-9,11-12,14H,1,4-7,10,13H2,2H3. The Hall–Kier alpha value is -0.750. The van der Waals surface area contributed by atoms with Crippen LogP contribution in [0, 0.1) is 5.92 Å². The van der Waals surface area contributed by atoms with E-state index in [4.69, 9.17) is 11.6 Å². The van der Waals surface area contributed by atoms with Crippen molar-refractivity contribution in [3.63, 3.8) is 0 Å². The van der Waals surface area contributed by atoms with Gasteiger partial charge in [-0.3, -0.25) is 0 Å². The second kappa shape index (κ2) is 8.36. The summed E-state index contributed by atoms with van der Waals surface area (Å²) in [5.74, 6) is 0.764. The van der Waals surface area contributed by atoms with Crippen molar-refractivity contribution in [3.05, 3.63) is 47.5 Å². The summed E-state index contributed by atoms with van der Waals surface area (Å²) in [5, 5.41) is 0.914. The van der Waals surface area contributed by atoms with E-state index in [1.54, 1.807) is 0 Å². The molecule has 1 atom stereocenters. The molecule has 0 saturated heterocycles. The molecule has 0 saturated carbocycles. The summed E-state index contributed by atoms with van der Waals surface area (Å²) in [6.45, 7) is 6.03. The minimum Gasteiger partial charge on any atom is -0.103 e. The molecule has 1 rings (SSSR count). The summed E-state index contributed by atoms with van der Waals surface area (Å²) in [5.41, 5.74) is 1.30. The highest BCUT2D eigenvalue weighted by molar-refractivity contribution is 6.31. The Kier molecular flexibility index (Phi) is 7.04. The van der Waals surface area contributed by atoms with Gasteiger partial charge in [-0.2, -0.15) is 0 Å². The van der Waals surface area contributed by atoms with Crippen LogP contribution in [0.1, 0.15) is 44.6 Å². The lowest BCUT2D eigenvalue weighted by atomic mass is 9.91. The van der Waals surface area contributed by atoms with Gasteiger partial charge in [0.15, 0.2) is 0 Å². The maximum atomic E-state index is 6.20. The molecule has 94 valence electrons. The third kappa shape index (κ3) is 5.41. The Bertz CT molecular complexity index is 330. The van der Waals surface area contributed by atoms with Gasteiger partial charge < -0.3 is 0 Å². The van der Waals surface area contributed by atoms with Gasteiger partial charge in [0, 0.05) is 5.02 Å². The van der Waals surface area contributed by atoms with Gasteiger partial charge in [-0.05, 0) is 36.8 Å². The topological polar surface area (TPSA) is 0 Å². The highest BCUT2D eigenvalue weighted by atomic mass is 35.5. The van der Waals surface area contributed by atoms with Gasteiger partial charge in [0.2, 0.25) is 0 Å². The summed E-state index contributed by atoms with van der Waals surface area (Å²) < 4.78 is 0. The molecule has 0 heterocycles. The van der Waals surface area contributed by atoms with Gasteiger partial charge in [0.05, 0.1) is 0 Å². The predicted molar refractivity (Wildman–Crippen MR) is 77.6 cm³/mol. The Morgan fingerprint density at radius 2 is 2.06 bits per heavy atom. The van der Waals surface area contributed by atoms with Crippen molar-refractivity contribution in [2.24, 2.45) is 5.92 Å². The van der Waals surface area contributed by atoms with Crippen LogP contribution in [0.5, 0.6) is 0 Å². The normalized spacial score (nSPS) is 12.4. The van der Waals surface area contributed by atoms with Crippen LogP contribution in [0.25, 0.3) is 0 Å². The Labute approximate surface area is 111 Å². The van der Waals surface area contributed by atoms with Crippen LogP contribution in [0.15, 0.2) is 36.9 Å². The largest absolute Gasteiger partial charge is 0.103 e. The molecule has 1 aromatic rings. The fraction of sp³-hybridized carbons (Fsp3) is 0.500. The monoisotopic (exact) mass is 250 g/mol. The zero-order chi connectivity index (χ0) is 12.5. The van der Waals surface area contributed by atoms with E-state index in [1.807, 2.05) is 18.2 Å². The molecule has 0 N–H and O–H groups in total. The molecule has 0 spiro atoms. The summed E-state index contributed by atoms with van der Waals surface area (Å²) in [6, 6.07) is 8.21. The number of hydrogen-bond donors (Lipinski definition) is 0. The second-order valence-corrected chi connectivity index (χ2v) is 5.05. The van der Waals surface area contributed by atoms with Crippen LogP contribution in [0.3, 0.4) is 0 Å². The molecule has 1 heteroatoms. The van der Waals surface area contributed by atoms with Crippen molar-refractivity contribution in [2.75, 3.05) is 0 Å². The van der Waals surface area contributed by atoms with E-state index in [1.165, 1.54) is 31.2 Å².